The lowest BCUT2D eigenvalue weighted by Crippen LogP contribution is -2.06. The summed E-state index contributed by atoms with van der Waals surface area (Å²) in [7, 11) is 1.55. The Balaban J connectivity index is 2.45. The van der Waals surface area contributed by atoms with Gasteiger partial charge < -0.3 is 15.6 Å². The SMILES string of the molecule is COc1ccccc1-n1ncc(CC(=O)O)c1N. The van der Waals surface area contributed by atoms with Gasteiger partial charge in [0.05, 0.1) is 19.7 Å². The summed E-state index contributed by atoms with van der Waals surface area (Å²) in [6, 6.07) is 7.25. The molecule has 0 unspecified atom stereocenters. The molecule has 0 atom stereocenters. The topological polar surface area (TPSA) is 90.4 Å². The average Bonchev–Trinajstić information content (AvgIpc) is 2.70. The van der Waals surface area contributed by atoms with Crippen molar-refractivity contribution < 1.29 is 14.6 Å². The van der Waals surface area contributed by atoms with Crippen molar-refractivity contribution in [2.75, 3.05) is 12.8 Å². The molecule has 18 heavy (non-hydrogen) atoms. The maximum absolute atomic E-state index is 10.7. The quantitative estimate of drug-likeness (QED) is 0.844. The normalized spacial score (nSPS) is 10.3. The van der Waals surface area contributed by atoms with Gasteiger partial charge >= 0.3 is 5.97 Å². The molecule has 1 aromatic heterocycles. The minimum absolute atomic E-state index is 0.152. The first-order valence-corrected chi connectivity index (χ1v) is 5.31. The van der Waals surface area contributed by atoms with Gasteiger partial charge in [-0.05, 0) is 12.1 Å². The van der Waals surface area contributed by atoms with Gasteiger partial charge in [-0.25, -0.2) is 4.68 Å². The van der Waals surface area contributed by atoms with Crippen LogP contribution in [-0.2, 0) is 11.2 Å². The number of carbonyl (C=O) groups is 1. The molecule has 0 aliphatic carbocycles. The number of anilines is 1. The van der Waals surface area contributed by atoms with E-state index in [9.17, 15) is 4.79 Å². The number of nitrogens with two attached hydrogens (primary N) is 1. The Kier molecular flexibility index (Phi) is 3.18. The molecule has 0 aliphatic heterocycles. The van der Waals surface area contributed by atoms with Crippen molar-refractivity contribution in [2.24, 2.45) is 0 Å². The number of nitrogen functional groups attached to an aromatic ring is 1. The van der Waals surface area contributed by atoms with E-state index in [2.05, 4.69) is 5.10 Å². The zero-order valence-corrected chi connectivity index (χ0v) is 9.83. The summed E-state index contributed by atoms with van der Waals surface area (Å²) in [5.74, 6) is -0.0163. The van der Waals surface area contributed by atoms with E-state index in [0.717, 1.165) is 0 Å². The van der Waals surface area contributed by atoms with E-state index in [1.54, 1.807) is 19.2 Å². The number of aliphatic carboxylic acids is 1. The lowest BCUT2D eigenvalue weighted by atomic mass is 10.2. The zero-order chi connectivity index (χ0) is 13.1. The molecule has 6 nitrogen and oxygen atoms in total. The van der Waals surface area contributed by atoms with Crippen molar-refractivity contribution in [3.8, 4) is 11.4 Å². The molecule has 1 heterocycles. The number of para-hydroxylation sites is 2. The molecule has 0 radical (unpaired) electrons. The minimum atomic E-state index is -0.943. The molecular formula is C12H13N3O3. The summed E-state index contributed by atoms with van der Waals surface area (Å²) in [5.41, 5.74) is 7.04. The fraction of sp³-hybridized carbons (Fsp3) is 0.167. The van der Waals surface area contributed by atoms with E-state index < -0.39 is 5.97 Å². The highest BCUT2D eigenvalue weighted by atomic mass is 16.5. The summed E-state index contributed by atoms with van der Waals surface area (Å²) >= 11 is 0. The van der Waals surface area contributed by atoms with Crippen LogP contribution in [0.5, 0.6) is 5.75 Å². The van der Waals surface area contributed by atoms with Gasteiger partial charge in [-0.15, -0.1) is 0 Å². The number of benzene rings is 1. The summed E-state index contributed by atoms with van der Waals surface area (Å²) in [6.07, 6.45) is 1.30. The Morgan fingerprint density at radius 2 is 2.22 bits per heavy atom. The van der Waals surface area contributed by atoms with Gasteiger partial charge in [-0.3, -0.25) is 4.79 Å². The predicted octanol–water partition coefficient (Wildman–Crippen LogP) is 1.09. The second kappa shape index (κ2) is 4.79. The van der Waals surface area contributed by atoms with Crippen molar-refractivity contribution >= 4 is 11.8 Å². The van der Waals surface area contributed by atoms with Crippen molar-refractivity contribution in [1.29, 1.82) is 0 Å². The van der Waals surface area contributed by atoms with E-state index in [1.807, 2.05) is 12.1 Å². The van der Waals surface area contributed by atoms with Gasteiger partial charge in [0.15, 0.2) is 0 Å². The fourth-order valence-corrected chi connectivity index (χ4v) is 1.69. The molecule has 0 fully saturated rings. The molecule has 0 saturated heterocycles. The minimum Gasteiger partial charge on any atom is -0.494 e. The lowest BCUT2D eigenvalue weighted by molar-refractivity contribution is -0.136. The molecule has 0 aliphatic rings. The average molecular weight is 247 g/mol. The first kappa shape index (κ1) is 12.0. The first-order chi connectivity index (χ1) is 8.63. The van der Waals surface area contributed by atoms with Crippen LogP contribution in [0, 0.1) is 0 Å². The Morgan fingerprint density at radius 1 is 1.50 bits per heavy atom. The third-order valence-corrected chi connectivity index (χ3v) is 2.54. The highest BCUT2D eigenvalue weighted by molar-refractivity contribution is 5.72. The van der Waals surface area contributed by atoms with E-state index in [4.69, 9.17) is 15.6 Å². The molecular weight excluding hydrogens is 234 g/mol. The van der Waals surface area contributed by atoms with Gasteiger partial charge in [-0.1, -0.05) is 12.1 Å². The number of ether oxygens (including phenoxy) is 1. The van der Waals surface area contributed by atoms with Crippen molar-refractivity contribution in [1.82, 2.24) is 9.78 Å². The van der Waals surface area contributed by atoms with Gasteiger partial charge in [0.1, 0.15) is 17.3 Å². The number of methoxy groups -OCH3 is 1. The largest absolute Gasteiger partial charge is 0.494 e. The summed E-state index contributed by atoms with van der Waals surface area (Å²) in [6.45, 7) is 0. The maximum atomic E-state index is 10.7. The van der Waals surface area contributed by atoms with Gasteiger partial charge in [-0.2, -0.15) is 5.10 Å². The van der Waals surface area contributed by atoms with Gasteiger partial charge in [0.25, 0.3) is 0 Å². The van der Waals surface area contributed by atoms with Crippen molar-refractivity contribution in [3.05, 3.63) is 36.0 Å². The van der Waals surface area contributed by atoms with Gasteiger partial charge in [0, 0.05) is 5.56 Å². The highest BCUT2D eigenvalue weighted by Gasteiger charge is 2.14. The Bertz CT molecular complexity index is 578. The number of nitrogens with zero attached hydrogens (tertiary/aromatic N) is 2. The monoisotopic (exact) mass is 247 g/mol. The van der Waals surface area contributed by atoms with Crippen molar-refractivity contribution in [3.63, 3.8) is 0 Å². The lowest BCUT2D eigenvalue weighted by Gasteiger charge is -2.09. The Morgan fingerprint density at radius 3 is 2.89 bits per heavy atom. The van der Waals surface area contributed by atoms with Crippen LogP contribution < -0.4 is 10.5 Å². The highest BCUT2D eigenvalue weighted by Crippen LogP contribution is 2.25. The predicted molar refractivity (Wildman–Crippen MR) is 65.9 cm³/mol. The van der Waals surface area contributed by atoms with Crippen LogP contribution in [0.4, 0.5) is 5.82 Å². The number of rotatable bonds is 4. The smallest absolute Gasteiger partial charge is 0.308 e. The summed E-state index contributed by atoms with van der Waals surface area (Å²) in [5, 5.41) is 12.9. The third-order valence-electron chi connectivity index (χ3n) is 2.54. The molecule has 0 spiro atoms. The summed E-state index contributed by atoms with van der Waals surface area (Å²) < 4.78 is 6.68. The van der Waals surface area contributed by atoms with Crippen LogP contribution in [-0.4, -0.2) is 28.0 Å². The maximum Gasteiger partial charge on any atom is 0.308 e. The van der Waals surface area contributed by atoms with Crippen LogP contribution in [0.3, 0.4) is 0 Å². The molecule has 94 valence electrons. The number of hydrogen-bond acceptors (Lipinski definition) is 4. The second-order valence-electron chi connectivity index (χ2n) is 3.71. The number of hydrogen-bond donors (Lipinski definition) is 2. The number of carboxylic acids is 1. The number of aromatic nitrogens is 2. The molecule has 1 aromatic carbocycles. The number of carboxylic acid groups (broad SMARTS) is 1. The molecule has 6 heteroatoms. The van der Waals surface area contributed by atoms with Gasteiger partial charge in [0.2, 0.25) is 0 Å². The second-order valence-corrected chi connectivity index (χ2v) is 3.71. The van der Waals surface area contributed by atoms with Crippen LogP contribution >= 0.6 is 0 Å². The standard InChI is InChI=1S/C12H13N3O3/c1-18-10-5-3-2-4-9(10)15-12(13)8(7-14-15)6-11(16)17/h2-5,7H,6,13H2,1H3,(H,16,17). The molecule has 0 bridgehead atoms. The van der Waals surface area contributed by atoms with E-state index in [1.165, 1.54) is 10.9 Å². The van der Waals surface area contributed by atoms with Crippen LogP contribution in [0.1, 0.15) is 5.56 Å². The fourth-order valence-electron chi connectivity index (χ4n) is 1.69. The summed E-state index contributed by atoms with van der Waals surface area (Å²) in [4.78, 5) is 10.7. The van der Waals surface area contributed by atoms with E-state index in [0.29, 0.717) is 22.8 Å². The van der Waals surface area contributed by atoms with Crippen molar-refractivity contribution in [2.45, 2.75) is 6.42 Å². The van der Waals surface area contributed by atoms with Crippen LogP contribution in [0.15, 0.2) is 30.5 Å². The van der Waals surface area contributed by atoms with E-state index >= 15 is 0 Å². The zero-order valence-electron chi connectivity index (χ0n) is 9.83. The third kappa shape index (κ3) is 2.13. The first-order valence-electron chi connectivity index (χ1n) is 5.31. The molecule has 3 N–H and O–H groups in total. The molecule has 2 aromatic rings. The van der Waals surface area contributed by atoms with E-state index in [-0.39, 0.29) is 6.42 Å². The molecule has 0 amide bonds. The Labute approximate surface area is 104 Å². The van der Waals surface area contributed by atoms with Crippen LogP contribution in [0.25, 0.3) is 5.69 Å². The van der Waals surface area contributed by atoms with Crippen LogP contribution in [0.2, 0.25) is 0 Å². The molecule has 0 saturated carbocycles. The Hall–Kier alpha value is -2.50. The molecule has 2 rings (SSSR count).